The minimum absolute atomic E-state index is 0. The third-order valence-electron chi connectivity index (χ3n) is 8.64. The van der Waals surface area contributed by atoms with Gasteiger partial charge in [0, 0.05) is 0 Å². The second-order valence-corrected chi connectivity index (χ2v) is 13.6. The van der Waals surface area contributed by atoms with Crippen molar-refractivity contribution in [1.82, 2.24) is 0 Å². The minimum atomic E-state index is 0. The zero-order chi connectivity index (χ0) is 32.2. The molecule has 0 nitrogen and oxygen atoms in total. The number of aryl methyl sites for hydroxylation is 2. The third-order valence-corrected chi connectivity index (χ3v) is 8.64. The predicted octanol–water partition coefficient (Wildman–Crippen LogP) is 13.1. The van der Waals surface area contributed by atoms with E-state index in [1.54, 1.807) is 0 Å². The van der Waals surface area contributed by atoms with Crippen molar-refractivity contribution in [2.75, 3.05) is 0 Å². The van der Waals surface area contributed by atoms with E-state index in [0.29, 0.717) is 11.8 Å². The van der Waals surface area contributed by atoms with Gasteiger partial charge in [0.25, 0.3) is 0 Å². The summed E-state index contributed by atoms with van der Waals surface area (Å²) in [7, 11) is 0. The summed E-state index contributed by atoms with van der Waals surface area (Å²) in [6, 6.07) is 38.4. The van der Waals surface area contributed by atoms with Crippen LogP contribution in [0.1, 0.15) is 88.1 Å². The van der Waals surface area contributed by atoms with Gasteiger partial charge in [-0.1, -0.05) is 134 Å². The Bertz CT molecular complexity index is 1820. The summed E-state index contributed by atoms with van der Waals surface area (Å²) in [6.07, 6.45) is 0. The Kier molecular flexibility index (Phi) is 14.4. The second kappa shape index (κ2) is 16.9. The first kappa shape index (κ1) is 39.4. The van der Waals surface area contributed by atoms with Gasteiger partial charge in [-0.3, -0.25) is 0 Å². The number of rotatable bonds is 4. The Balaban J connectivity index is 0.000000292. The fourth-order valence-corrected chi connectivity index (χ4v) is 5.88. The van der Waals surface area contributed by atoms with Crippen LogP contribution in [0.2, 0.25) is 0 Å². The fourth-order valence-electron chi connectivity index (χ4n) is 5.88. The molecule has 240 valence electrons. The van der Waals surface area contributed by atoms with Crippen LogP contribution in [0, 0.1) is 28.7 Å². The van der Waals surface area contributed by atoms with E-state index in [2.05, 4.69) is 172 Å². The molecule has 0 bridgehead atoms. The van der Waals surface area contributed by atoms with Crippen LogP contribution in [0.4, 0.5) is 0 Å². The Labute approximate surface area is 297 Å². The molecule has 0 aromatic heterocycles. The molecule has 0 N–H and O–H groups in total. The fraction of sp³-hybridized carbons (Fsp3) is 0.273. The van der Waals surface area contributed by atoms with Crippen LogP contribution in [-0.2, 0) is 28.8 Å². The molecule has 0 amide bonds. The van der Waals surface area contributed by atoms with Crippen molar-refractivity contribution >= 4 is 28.4 Å². The van der Waals surface area contributed by atoms with Crippen LogP contribution >= 0.6 is 0 Å². The van der Waals surface area contributed by atoms with Crippen molar-refractivity contribution in [2.45, 2.75) is 79.6 Å². The maximum absolute atomic E-state index is 3.06. The van der Waals surface area contributed by atoms with Gasteiger partial charge in [-0.2, -0.15) is 12.1 Å². The monoisotopic (exact) mass is 698 g/mol. The van der Waals surface area contributed by atoms with Gasteiger partial charge in [0.2, 0.25) is 0 Å². The van der Waals surface area contributed by atoms with E-state index < -0.39 is 0 Å². The molecule has 0 atom stereocenters. The number of hydrogen-bond acceptors (Lipinski definition) is 0. The average Bonchev–Trinajstić information content (AvgIpc) is 3.63. The van der Waals surface area contributed by atoms with Gasteiger partial charge in [0.1, 0.15) is 0 Å². The summed E-state index contributed by atoms with van der Waals surface area (Å²) in [6.45, 7) is 23.2. The molecule has 2 heteroatoms. The van der Waals surface area contributed by atoms with Gasteiger partial charge in [0.15, 0.2) is 0 Å². The molecule has 0 aliphatic carbocycles. The Hall–Kier alpha value is -2.80. The van der Waals surface area contributed by atoms with Crippen molar-refractivity contribution in [1.29, 1.82) is 0 Å². The first-order valence-corrected chi connectivity index (χ1v) is 19.9. The van der Waals surface area contributed by atoms with E-state index in [0.717, 1.165) is 0 Å². The molecule has 0 spiro atoms. The zero-order valence-corrected chi connectivity index (χ0v) is 33.4. The molecule has 6 rings (SSSR count). The molecule has 0 aliphatic rings. The van der Waals surface area contributed by atoms with Crippen LogP contribution in [0.15, 0.2) is 103 Å². The van der Waals surface area contributed by atoms with E-state index in [1.165, 1.54) is 95.0 Å². The Morgan fingerprint density at radius 2 is 1.20 bits per heavy atom. The topological polar surface area (TPSA) is 0 Å². The van der Waals surface area contributed by atoms with Gasteiger partial charge < -0.3 is 14.9 Å². The number of hydrogen-bond donors (Lipinski definition) is 0. The second-order valence-electron chi connectivity index (χ2n) is 13.6. The molecule has 0 saturated carbocycles. The van der Waals surface area contributed by atoms with E-state index in [9.17, 15) is 0 Å². The van der Waals surface area contributed by atoms with Crippen molar-refractivity contribution in [3.05, 3.63) is 146 Å². The van der Waals surface area contributed by atoms with Gasteiger partial charge in [-0.05, 0) is 39.5 Å². The van der Waals surface area contributed by atoms with E-state index in [4.69, 9.17) is 0 Å². The third kappa shape index (κ3) is 8.96. The number of benzene rings is 4. The Morgan fingerprint density at radius 1 is 0.630 bits per heavy atom. The van der Waals surface area contributed by atoms with Crippen LogP contribution in [0.5, 0.6) is 0 Å². The zero-order valence-electron chi connectivity index (χ0n) is 30.0. The van der Waals surface area contributed by atoms with Gasteiger partial charge >= 0.3 is 30.2 Å². The quantitative estimate of drug-likeness (QED) is 0.127. The first-order valence-electron chi connectivity index (χ1n) is 15.7. The van der Waals surface area contributed by atoms with Crippen LogP contribution < -0.4 is 0 Å². The van der Waals surface area contributed by atoms with E-state index in [1.807, 2.05) is 0 Å². The summed E-state index contributed by atoms with van der Waals surface area (Å²) in [4.78, 5) is 0. The first-order chi connectivity index (χ1) is 20.9. The molecule has 0 aliphatic heterocycles. The van der Waals surface area contributed by atoms with Gasteiger partial charge in [0.05, 0.1) is 0 Å². The van der Waals surface area contributed by atoms with E-state index >= 15 is 0 Å². The van der Waals surface area contributed by atoms with Crippen LogP contribution in [0.25, 0.3) is 43.8 Å². The van der Waals surface area contributed by atoms with Crippen LogP contribution in [0.3, 0.4) is 0 Å². The van der Waals surface area contributed by atoms with Gasteiger partial charge in [-0.15, -0.1) is 68.6 Å². The summed E-state index contributed by atoms with van der Waals surface area (Å²) in [5.74, 6) is 1.16. The van der Waals surface area contributed by atoms with Crippen molar-refractivity contribution in [3.8, 4) is 22.3 Å². The summed E-state index contributed by atoms with van der Waals surface area (Å²) >= 11 is 1.36. The van der Waals surface area contributed by atoms with Gasteiger partial charge in [-0.25, -0.2) is 0 Å². The summed E-state index contributed by atoms with van der Waals surface area (Å²) in [5.41, 5.74) is 12.4. The van der Waals surface area contributed by atoms with Crippen molar-refractivity contribution in [2.24, 2.45) is 0 Å². The molecule has 6 aromatic carbocycles. The van der Waals surface area contributed by atoms with Crippen molar-refractivity contribution in [3.63, 3.8) is 0 Å². The maximum atomic E-state index is 3.06. The normalized spacial score (nSPS) is 10.9. The molecule has 0 unspecified atom stereocenters. The average molecular weight is 700 g/mol. The van der Waals surface area contributed by atoms with Crippen molar-refractivity contribution < 1.29 is 23.3 Å². The number of fused-ring (bicyclic) bond motifs is 2. The standard InChI is InChI=1S/2C21H23.2CH3.Si.Zr/c1-14-12-19-15(2)6-11-18(20(19)13-14)16-7-9-17(10-8-16)21(3,4)5;1-14(2)16-8-10-17(11-9-16)20-7-5-6-18-12-19(15(3)4)13-21(18)20;;;;/h6-13H,1-5H3;5-15H,1-4H3;2*1H3;;/q4*-1;;. The van der Waals surface area contributed by atoms with E-state index in [-0.39, 0.29) is 20.3 Å². The molecule has 2 radical (unpaired) electrons. The molecule has 6 aromatic rings. The molecule has 0 heterocycles. The molecule has 46 heavy (non-hydrogen) atoms. The molecule has 0 saturated heterocycles. The molecule has 0 fully saturated rings. The van der Waals surface area contributed by atoms with Crippen LogP contribution in [-0.4, -0.2) is 6.88 Å². The summed E-state index contributed by atoms with van der Waals surface area (Å²) in [5, 5.41) is 5.48. The SMILES string of the molecule is CC(C)c1ccc(-c2cccc3[cH-]c(C(C)C)cc23)cc1.Cc1cc2c(-c3ccc(C(C)(C)C)cc3)ccc(C)c2[cH-]1.[CH3-].[CH3-].[Si]=[Zr]. The molecular formula is C44H52SiZr-4. The Morgan fingerprint density at radius 3 is 1.74 bits per heavy atom. The summed E-state index contributed by atoms with van der Waals surface area (Å²) < 4.78 is 0. The predicted molar refractivity (Wildman–Crippen MR) is 205 cm³/mol. The molecular weight excluding hydrogens is 648 g/mol.